The van der Waals surface area contributed by atoms with Crippen LogP contribution in [0.4, 0.5) is 0 Å². The zero-order valence-corrected chi connectivity index (χ0v) is 20.0. The van der Waals surface area contributed by atoms with Gasteiger partial charge in [-0.3, -0.25) is 4.99 Å². The molecule has 3 aliphatic carbocycles. The standard InChI is InChI=1S/C21H39N3O3.HI/c1-3-22-20(23-13-17(25)15-26-14-16-8-9-16)24-18-12-19(27-4-2)21(18)10-6-5-7-11-21;/h16-19,25H,3-15H2,1-2H3,(H2,22,23,24);1H. The number of guanidine groups is 1. The SMILES string of the molecule is CCNC(=NCC(O)COCC1CC1)NC1CC(OCC)C12CCCCC2.I. The largest absolute Gasteiger partial charge is 0.389 e. The summed E-state index contributed by atoms with van der Waals surface area (Å²) in [5.41, 5.74) is 0.260. The van der Waals surface area contributed by atoms with Gasteiger partial charge in [0.05, 0.1) is 25.4 Å². The number of hydrogen-bond acceptors (Lipinski definition) is 4. The molecule has 7 heteroatoms. The molecule has 1 spiro atoms. The van der Waals surface area contributed by atoms with Crippen LogP contribution in [0.2, 0.25) is 0 Å². The van der Waals surface area contributed by atoms with Gasteiger partial charge in [0.1, 0.15) is 0 Å². The second-order valence-corrected chi connectivity index (χ2v) is 8.52. The van der Waals surface area contributed by atoms with Gasteiger partial charge in [-0.2, -0.15) is 0 Å². The summed E-state index contributed by atoms with van der Waals surface area (Å²) in [6.45, 7) is 7.30. The predicted octanol–water partition coefficient (Wildman–Crippen LogP) is 3.07. The van der Waals surface area contributed by atoms with Crippen molar-refractivity contribution >= 4 is 29.9 Å². The quantitative estimate of drug-likeness (QED) is 0.240. The number of aliphatic hydroxyl groups excluding tert-OH is 1. The molecule has 6 nitrogen and oxygen atoms in total. The Hall–Kier alpha value is -0.120. The third kappa shape index (κ3) is 6.44. The Balaban J connectivity index is 0.00000280. The Labute approximate surface area is 187 Å². The average Bonchev–Trinajstić information content (AvgIpc) is 3.50. The summed E-state index contributed by atoms with van der Waals surface area (Å²) in [4.78, 5) is 4.62. The van der Waals surface area contributed by atoms with Crippen molar-refractivity contribution < 1.29 is 14.6 Å². The third-order valence-corrected chi connectivity index (χ3v) is 6.41. The van der Waals surface area contributed by atoms with Crippen molar-refractivity contribution in [1.29, 1.82) is 0 Å². The van der Waals surface area contributed by atoms with Crippen molar-refractivity contribution in [2.75, 3.05) is 32.9 Å². The maximum Gasteiger partial charge on any atom is 0.191 e. The number of hydrogen-bond donors (Lipinski definition) is 3. The van der Waals surface area contributed by atoms with E-state index in [1.165, 1.54) is 44.9 Å². The van der Waals surface area contributed by atoms with E-state index in [0.29, 0.717) is 25.3 Å². The summed E-state index contributed by atoms with van der Waals surface area (Å²) in [6, 6.07) is 0.412. The van der Waals surface area contributed by atoms with Crippen LogP contribution < -0.4 is 10.6 Å². The van der Waals surface area contributed by atoms with Crippen LogP contribution in [0.15, 0.2) is 4.99 Å². The Morgan fingerprint density at radius 3 is 2.61 bits per heavy atom. The average molecular weight is 509 g/mol. The van der Waals surface area contributed by atoms with E-state index < -0.39 is 6.10 Å². The first kappa shape index (κ1) is 24.2. The molecule has 0 amide bonds. The molecule has 0 aromatic heterocycles. The highest BCUT2D eigenvalue weighted by Gasteiger charge is 2.55. The first-order valence-corrected chi connectivity index (χ1v) is 11.1. The number of rotatable bonds is 10. The molecule has 0 saturated heterocycles. The van der Waals surface area contributed by atoms with E-state index in [0.717, 1.165) is 38.1 Å². The van der Waals surface area contributed by atoms with E-state index in [1.54, 1.807) is 0 Å². The molecule has 3 unspecified atom stereocenters. The van der Waals surface area contributed by atoms with Crippen LogP contribution in [0.3, 0.4) is 0 Å². The maximum atomic E-state index is 10.2. The number of aliphatic imine (C=N–C) groups is 1. The van der Waals surface area contributed by atoms with Crippen LogP contribution in [-0.4, -0.2) is 62.2 Å². The van der Waals surface area contributed by atoms with Gasteiger partial charge in [-0.1, -0.05) is 19.3 Å². The van der Waals surface area contributed by atoms with Gasteiger partial charge in [-0.05, 0) is 51.9 Å². The molecule has 0 radical (unpaired) electrons. The molecule has 3 atom stereocenters. The minimum absolute atomic E-state index is 0. The summed E-state index contributed by atoms with van der Waals surface area (Å²) in [6.07, 6.45) is 9.85. The Kier molecular flexibility index (Phi) is 10.3. The number of nitrogens with zero attached hydrogens (tertiary/aromatic N) is 1. The van der Waals surface area contributed by atoms with Crippen LogP contribution in [0.5, 0.6) is 0 Å². The molecule has 3 N–H and O–H groups in total. The van der Waals surface area contributed by atoms with Crippen molar-refractivity contribution in [1.82, 2.24) is 10.6 Å². The van der Waals surface area contributed by atoms with E-state index in [-0.39, 0.29) is 29.4 Å². The normalized spacial score (nSPS) is 27.6. The molecule has 28 heavy (non-hydrogen) atoms. The van der Waals surface area contributed by atoms with Crippen LogP contribution in [0, 0.1) is 11.3 Å². The molecule has 3 aliphatic rings. The Morgan fingerprint density at radius 1 is 1.21 bits per heavy atom. The van der Waals surface area contributed by atoms with Crippen LogP contribution in [0.25, 0.3) is 0 Å². The highest BCUT2D eigenvalue weighted by atomic mass is 127. The fourth-order valence-corrected chi connectivity index (χ4v) is 4.66. The number of halogens is 1. The van der Waals surface area contributed by atoms with Crippen LogP contribution >= 0.6 is 24.0 Å². The molecule has 0 bridgehead atoms. The van der Waals surface area contributed by atoms with E-state index in [4.69, 9.17) is 9.47 Å². The molecule has 0 aromatic carbocycles. The van der Waals surface area contributed by atoms with Crippen LogP contribution in [-0.2, 0) is 9.47 Å². The molecule has 0 aromatic rings. The first-order valence-electron chi connectivity index (χ1n) is 11.1. The van der Waals surface area contributed by atoms with Crippen molar-refractivity contribution in [3.8, 4) is 0 Å². The fourth-order valence-electron chi connectivity index (χ4n) is 4.66. The lowest BCUT2D eigenvalue weighted by molar-refractivity contribution is -0.145. The molecule has 0 aliphatic heterocycles. The second kappa shape index (κ2) is 11.9. The van der Waals surface area contributed by atoms with E-state index in [2.05, 4.69) is 29.5 Å². The monoisotopic (exact) mass is 509 g/mol. The molecule has 3 fully saturated rings. The number of nitrogens with one attached hydrogen (secondary N) is 2. The van der Waals surface area contributed by atoms with E-state index in [9.17, 15) is 5.11 Å². The van der Waals surface area contributed by atoms with Crippen molar-refractivity contribution in [2.45, 2.75) is 83.5 Å². The molecular formula is C21H40IN3O3. The molecule has 3 saturated carbocycles. The summed E-state index contributed by atoms with van der Waals surface area (Å²) < 4.78 is 11.6. The van der Waals surface area contributed by atoms with Gasteiger partial charge in [0.2, 0.25) is 0 Å². The minimum atomic E-state index is -0.541. The molecule has 164 valence electrons. The van der Waals surface area contributed by atoms with Gasteiger partial charge in [-0.25, -0.2) is 0 Å². The van der Waals surface area contributed by atoms with Gasteiger partial charge >= 0.3 is 0 Å². The molecular weight excluding hydrogens is 469 g/mol. The fraction of sp³-hybridized carbons (Fsp3) is 0.952. The molecule has 3 rings (SSSR count). The zero-order valence-electron chi connectivity index (χ0n) is 17.6. The Bertz CT molecular complexity index is 482. The number of ether oxygens (including phenoxy) is 2. The van der Waals surface area contributed by atoms with Crippen molar-refractivity contribution in [3.05, 3.63) is 0 Å². The van der Waals surface area contributed by atoms with Gasteiger partial charge in [-0.15, -0.1) is 24.0 Å². The summed E-state index contributed by atoms with van der Waals surface area (Å²) in [5, 5.41) is 17.1. The van der Waals surface area contributed by atoms with Gasteiger partial charge in [0.15, 0.2) is 5.96 Å². The third-order valence-electron chi connectivity index (χ3n) is 6.41. The highest BCUT2D eigenvalue weighted by molar-refractivity contribution is 14.0. The summed E-state index contributed by atoms with van der Waals surface area (Å²) in [7, 11) is 0. The lowest BCUT2D eigenvalue weighted by Gasteiger charge is -2.58. The van der Waals surface area contributed by atoms with Gasteiger partial charge in [0, 0.05) is 31.2 Å². The minimum Gasteiger partial charge on any atom is -0.389 e. The van der Waals surface area contributed by atoms with Gasteiger partial charge in [0.25, 0.3) is 0 Å². The lowest BCUT2D eigenvalue weighted by Crippen LogP contribution is -2.66. The predicted molar refractivity (Wildman–Crippen MR) is 123 cm³/mol. The highest BCUT2D eigenvalue weighted by Crippen LogP contribution is 2.53. The summed E-state index contributed by atoms with van der Waals surface area (Å²) in [5.74, 6) is 1.53. The maximum absolute atomic E-state index is 10.2. The lowest BCUT2D eigenvalue weighted by atomic mass is 9.55. The number of aliphatic hydroxyl groups is 1. The molecule has 0 heterocycles. The second-order valence-electron chi connectivity index (χ2n) is 8.52. The first-order chi connectivity index (χ1) is 13.2. The smallest absolute Gasteiger partial charge is 0.191 e. The van der Waals surface area contributed by atoms with Crippen molar-refractivity contribution in [3.63, 3.8) is 0 Å². The summed E-state index contributed by atoms with van der Waals surface area (Å²) >= 11 is 0. The van der Waals surface area contributed by atoms with Crippen LogP contribution in [0.1, 0.15) is 65.2 Å². The van der Waals surface area contributed by atoms with Gasteiger partial charge < -0.3 is 25.2 Å². The van der Waals surface area contributed by atoms with E-state index in [1.807, 2.05) is 0 Å². The van der Waals surface area contributed by atoms with Crippen molar-refractivity contribution in [2.24, 2.45) is 16.3 Å². The van der Waals surface area contributed by atoms with E-state index >= 15 is 0 Å². The topological polar surface area (TPSA) is 75.1 Å². The Morgan fingerprint density at radius 2 is 1.96 bits per heavy atom. The zero-order chi connectivity index (χ0) is 19.1.